The van der Waals surface area contributed by atoms with Gasteiger partial charge in [0.05, 0.1) is 0 Å². The number of fused-ring (bicyclic) bond motifs is 1. The molecule has 27 heavy (non-hydrogen) atoms. The average molecular weight is 362 g/mol. The van der Waals surface area contributed by atoms with E-state index in [-0.39, 0.29) is 11.8 Å². The molecule has 0 N–H and O–H groups in total. The zero-order chi connectivity index (χ0) is 19.0. The van der Waals surface area contributed by atoms with Gasteiger partial charge in [-0.25, -0.2) is 0 Å². The lowest BCUT2D eigenvalue weighted by Crippen LogP contribution is -2.48. The third-order valence-electron chi connectivity index (χ3n) is 5.80. The highest BCUT2D eigenvalue weighted by molar-refractivity contribution is 6.18. The van der Waals surface area contributed by atoms with Crippen LogP contribution < -0.4 is 9.80 Å². The Morgan fingerprint density at radius 2 is 1.89 bits per heavy atom. The van der Waals surface area contributed by atoms with E-state index in [1.54, 1.807) is 4.90 Å². The van der Waals surface area contributed by atoms with Gasteiger partial charge in [-0.15, -0.1) is 0 Å². The molecule has 0 aromatic heterocycles. The van der Waals surface area contributed by atoms with E-state index >= 15 is 0 Å². The van der Waals surface area contributed by atoms with E-state index < -0.39 is 5.41 Å². The molecule has 4 nitrogen and oxygen atoms in total. The van der Waals surface area contributed by atoms with E-state index in [1.807, 2.05) is 61.2 Å². The molecule has 4 rings (SSSR count). The molecule has 0 atom stereocenters. The van der Waals surface area contributed by atoms with Crippen LogP contribution in [0.1, 0.15) is 37.3 Å². The maximum Gasteiger partial charge on any atom is 0.242 e. The first-order chi connectivity index (χ1) is 13.1. The van der Waals surface area contributed by atoms with E-state index in [9.17, 15) is 9.59 Å². The molecular formula is C23H26N2O2. The normalized spacial score (nSPS) is 17.2. The predicted molar refractivity (Wildman–Crippen MR) is 108 cm³/mol. The van der Waals surface area contributed by atoms with Gasteiger partial charge in [-0.1, -0.05) is 30.3 Å². The number of nitrogens with zero attached hydrogens (tertiary/aromatic N) is 2. The van der Waals surface area contributed by atoms with Crippen LogP contribution in [0.5, 0.6) is 0 Å². The molecule has 1 fully saturated rings. The van der Waals surface area contributed by atoms with Crippen molar-refractivity contribution in [2.24, 2.45) is 5.41 Å². The summed E-state index contributed by atoms with van der Waals surface area (Å²) in [6, 6.07) is 16.0. The van der Waals surface area contributed by atoms with Crippen molar-refractivity contribution in [3.63, 3.8) is 0 Å². The third kappa shape index (κ3) is 3.03. The highest BCUT2D eigenvalue weighted by atomic mass is 16.2. The van der Waals surface area contributed by atoms with Crippen LogP contribution in [-0.4, -0.2) is 24.9 Å². The van der Waals surface area contributed by atoms with Crippen LogP contribution in [-0.2, 0) is 16.0 Å². The fourth-order valence-electron chi connectivity index (χ4n) is 4.14. The molecule has 0 bridgehead atoms. The summed E-state index contributed by atoms with van der Waals surface area (Å²) in [5.74, 6) is -0.0746. The number of aryl methyl sites for hydroxylation is 2. The second-order valence-electron chi connectivity index (χ2n) is 7.66. The molecule has 0 saturated heterocycles. The summed E-state index contributed by atoms with van der Waals surface area (Å²) in [4.78, 5) is 30.6. The van der Waals surface area contributed by atoms with Gasteiger partial charge in [0, 0.05) is 24.5 Å². The maximum atomic E-state index is 13.5. The summed E-state index contributed by atoms with van der Waals surface area (Å²) < 4.78 is 0. The molecule has 1 aliphatic carbocycles. The fraction of sp³-hybridized carbons (Fsp3) is 0.391. The van der Waals surface area contributed by atoms with Crippen molar-refractivity contribution in [2.45, 2.75) is 39.5 Å². The third-order valence-corrected chi connectivity index (χ3v) is 5.80. The quantitative estimate of drug-likeness (QED) is 0.768. The Labute approximate surface area is 160 Å². The largest absolute Gasteiger partial charge is 0.312 e. The second-order valence-corrected chi connectivity index (χ2v) is 7.66. The van der Waals surface area contributed by atoms with Crippen molar-refractivity contribution in [2.75, 3.05) is 22.9 Å². The van der Waals surface area contributed by atoms with Gasteiger partial charge in [0.15, 0.2) is 0 Å². The van der Waals surface area contributed by atoms with Crippen LogP contribution >= 0.6 is 0 Å². The lowest BCUT2D eigenvalue weighted by atomic mass is 9.97. The molecule has 4 heteroatoms. The lowest BCUT2D eigenvalue weighted by molar-refractivity contribution is -0.134. The predicted octanol–water partition coefficient (Wildman–Crippen LogP) is 4.11. The van der Waals surface area contributed by atoms with Crippen LogP contribution in [0.3, 0.4) is 0 Å². The summed E-state index contributed by atoms with van der Waals surface area (Å²) >= 11 is 0. The Morgan fingerprint density at radius 1 is 1.11 bits per heavy atom. The number of anilines is 2. The number of carbonyl (C=O) groups is 2. The minimum Gasteiger partial charge on any atom is -0.312 e. The molecule has 0 spiro atoms. The Bertz CT molecular complexity index is 885. The molecule has 1 saturated carbocycles. The topological polar surface area (TPSA) is 40.6 Å². The summed E-state index contributed by atoms with van der Waals surface area (Å²) in [6.45, 7) is 5.25. The molecule has 0 unspecified atom stereocenters. The summed E-state index contributed by atoms with van der Waals surface area (Å²) in [7, 11) is 0. The van der Waals surface area contributed by atoms with Crippen molar-refractivity contribution in [3.8, 4) is 0 Å². The van der Waals surface area contributed by atoms with E-state index in [4.69, 9.17) is 0 Å². The standard InChI is InChI=1S/C23H26N2O2/c1-3-24(19-11-6-8-17(2)16-19)21(26)23(13-14-23)22(27)25-15-7-10-18-9-4-5-12-20(18)25/h4-6,8-9,11-12,16H,3,7,10,13-15H2,1-2H3. The number of hydrogen-bond acceptors (Lipinski definition) is 2. The average Bonchev–Trinajstić information content (AvgIpc) is 3.49. The first-order valence-electron chi connectivity index (χ1n) is 9.85. The molecule has 0 radical (unpaired) electrons. The first-order valence-corrected chi connectivity index (χ1v) is 9.85. The van der Waals surface area contributed by atoms with E-state index in [2.05, 4.69) is 6.07 Å². The monoisotopic (exact) mass is 362 g/mol. The van der Waals surface area contributed by atoms with Gasteiger partial charge in [0.1, 0.15) is 5.41 Å². The zero-order valence-electron chi connectivity index (χ0n) is 16.1. The first kappa shape index (κ1) is 17.8. The molecule has 1 heterocycles. The molecule has 2 aliphatic rings. The number of carbonyl (C=O) groups excluding carboxylic acids is 2. The Kier molecular flexibility index (Phi) is 4.50. The summed E-state index contributed by atoms with van der Waals surface area (Å²) in [5, 5.41) is 0. The van der Waals surface area contributed by atoms with E-state index in [0.29, 0.717) is 25.9 Å². The van der Waals surface area contributed by atoms with Gasteiger partial charge >= 0.3 is 0 Å². The van der Waals surface area contributed by atoms with Crippen LogP contribution in [0.25, 0.3) is 0 Å². The van der Waals surface area contributed by atoms with Crippen molar-refractivity contribution in [3.05, 3.63) is 59.7 Å². The van der Waals surface area contributed by atoms with E-state index in [0.717, 1.165) is 29.8 Å². The van der Waals surface area contributed by atoms with Crippen LogP contribution in [0, 0.1) is 12.3 Å². The SMILES string of the molecule is CCN(C(=O)C1(C(=O)N2CCCc3ccccc32)CC1)c1cccc(C)c1. The van der Waals surface area contributed by atoms with Crippen molar-refractivity contribution >= 4 is 23.2 Å². The van der Waals surface area contributed by atoms with Crippen molar-refractivity contribution in [1.29, 1.82) is 0 Å². The van der Waals surface area contributed by atoms with Gasteiger partial charge in [-0.3, -0.25) is 9.59 Å². The fourth-order valence-corrected chi connectivity index (χ4v) is 4.14. The number of hydrogen-bond donors (Lipinski definition) is 0. The molecule has 2 aromatic rings. The van der Waals surface area contributed by atoms with Gasteiger partial charge in [-0.05, 0) is 68.9 Å². The van der Waals surface area contributed by atoms with E-state index in [1.165, 1.54) is 5.56 Å². The highest BCUT2D eigenvalue weighted by Gasteiger charge is 2.59. The second kappa shape index (κ2) is 6.84. The molecule has 140 valence electrons. The van der Waals surface area contributed by atoms with Crippen LogP contribution in [0.15, 0.2) is 48.5 Å². The van der Waals surface area contributed by atoms with Crippen molar-refractivity contribution < 1.29 is 9.59 Å². The molecule has 2 aromatic carbocycles. The van der Waals surface area contributed by atoms with Crippen molar-refractivity contribution in [1.82, 2.24) is 0 Å². The van der Waals surface area contributed by atoms with Gasteiger partial charge in [0.2, 0.25) is 11.8 Å². The molecule has 2 amide bonds. The Morgan fingerprint density at radius 3 is 2.59 bits per heavy atom. The Balaban J connectivity index is 1.64. The summed E-state index contributed by atoms with van der Waals surface area (Å²) in [6.07, 6.45) is 3.23. The minimum atomic E-state index is -0.885. The smallest absolute Gasteiger partial charge is 0.242 e. The molecular weight excluding hydrogens is 336 g/mol. The maximum absolute atomic E-state index is 13.5. The number of amides is 2. The van der Waals surface area contributed by atoms with Gasteiger partial charge in [0.25, 0.3) is 0 Å². The minimum absolute atomic E-state index is 0.0225. The number of benzene rings is 2. The lowest BCUT2D eigenvalue weighted by Gasteiger charge is -2.34. The highest BCUT2D eigenvalue weighted by Crippen LogP contribution is 2.50. The molecule has 1 aliphatic heterocycles. The summed E-state index contributed by atoms with van der Waals surface area (Å²) in [5.41, 5.74) is 3.28. The Hall–Kier alpha value is -2.62. The van der Waals surface area contributed by atoms with Gasteiger partial charge in [-0.2, -0.15) is 0 Å². The van der Waals surface area contributed by atoms with Crippen LogP contribution in [0.4, 0.5) is 11.4 Å². The number of rotatable bonds is 4. The zero-order valence-corrected chi connectivity index (χ0v) is 16.1. The number of para-hydroxylation sites is 1. The van der Waals surface area contributed by atoms with Crippen LogP contribution in [0.2, 0.25) is 0 Å². The van der Waals surface area contributed by atoms with Gasteiger partial charge < -0.3 is 9.80 Å².